The van der Waals surface area contributed by atoms with Gasteiger partial charge in [-0.25, -0.2) is 26.3 Å². The first-order valence-electron chi connectivity index (χ1n) is 7.96. The zero-order valence-electron chi connectivity index (χ0n) is 14.7. The molecule has 0 bridgehead atoms. The van der Waals surface area contributed by atoms with Gasteiger partial charge in [0.15, 0.2) is 4.90 Å². The van der Waals surface area contributed by atoms with Crippen LogP contribution in [-0.4, -0.2) is 45.8 Å². The molecular weight excluding hydrogens is 428 g/mol. The molecule has 0 aliphatic rings. The van der Waals surface area contributed by atoms with Crippen LogP contribution < -0.4 is 9.44 Å². The molecule has 2 N–H and O–H groups in total. The van der Waals surface area contributed by atoms with Gasteiger partial charge in [-0.2, -0.15) is 0 Å². The number of hydrogen-bond acceptors (Lipinski definition) is 8. The lowest BCUT2D eigenvalue weighted by Gasteiger charge is -2.13. The number of hydrogen-bond donors (Lipinski definition) is 2. The summed E-state index contributed by atoms with van der Waals surface area (Å²) in [6.45, 7) is -1.47. The quantitative estimate of drug-likeness (QED) is 0.392. The lowest BCUT2D eigenvalue weighted by atomic mass is 10.3. The van der Waals surface area contributed by atoms with Gasteiger partial charge < -0.3 is 0 Å². The summed E-state index contributed by atoms with van der Waals surface area (Å²) in [5, 5.41) is 22.2. The van der Waals surface area contributed by atoms with E-state index in [0.717, 1.165) is 12.1 Å². The zero-order valence-corrected chi connectivity index (χ0v) is 16.3. The maximum atomic E-state index is 12.3. The average molecular weight is 444 g/mol. The van der Waals surface area contributed by atoms with Gasteiger partial charge in [0.2, 0.25) is 26.1 Å². The van der Waals surface area contributed by atoms with Crippen molar-refractivity contribution in [3.05, 3.63) is 74.8 Å². The van der Waals surface area contributed by atoms with E-state index in [0.29, 0.717) is 0 Å². The number of sulfonamides is 2. The summed E-state index contributed by atoms with van der Waals surface area (Å²) < 4.78 is 52.9. The Balaban J connectivity index is 2.12. The van der Waals surface area contributed by atoms with Crippen LogP contribution in [0.5, 0.6) is 0 Å². The molecule has 1 unspecified atom stereocenters. The number of benzene rings is 2. The SMILES string of the molecule is O=[N+]([O-])c1ccccc1S(=O)(=O)NCC(CNS(=O)(=O)c1ccccc1)[N+](=O)[O-]. The molecule has 12 nitrogen and oxygen atoms in total. The highest BCUT2D eigenvalue weighted by Gasteiger charge is 2.29. The summed E-state index contributed by atoms with van der Waals surface area (Å²) in [6.07, 6.45) is 0. The highest BCUT2D eigenvalue weighted by molar-refractivity contribution is 7.89. The van der Waals surface area contributed by atoms with Crippen LogP contribution in [0, 0.1) is 20.2 Å². The summed E-state index contributed by atoms with van der Waals surface area (Å²) >= 11 is 0. The van der Waals surface area contributed by atoms with Crippen LogP contribution in [0.1, 0.15) is 0 Å². The van der Waals surface area contributed by atoms with E-state index < -0.39 is 59.6 Å². The molecule has 2 rings (SSSR count). The average Bonchev–Trinajstić information content (AvgIpc) is 2.68. The third-order valence-electron chi connectivity index (χ3n) is 3.72. The Bertz CT molecular complexity index is 1100. The van der Waals surface area contributed by atoms with E-state index in [1.165, 1.54) is 36.4 Å². The summed E-state index contributed by atoms with van der Waals surface area (Å²) in [4.78, 5) is 19.7. The molecule has 29 heavy (non-hydrogen) atoms. The van der Waals surface area contributed by atoms with Crippen LogP contribution >= 0.6 is 0 Å². The molecular formula is C15H16N4O8S2. The van der Waals surface area contributed by atoms with E-state index >= 15 is 0 Å². The van der Waals surface area contributed by atoms with Gasteiger partial charge in [-0.15, -0.1) is 0 Å². The Hall–Kier alpha value is -2.94. The molecule has 0 heterocycles. The van der Waals surface area contributed by atoms with Crippen LogP contribution in [0.25, 0.3) is 0 Å². The van der Waals surface area contributed by atoms with Crippen molar-refractivity contribution in [2.75, 3.05) is 13.1 Å². The van der Waals surface area contributed by atoms with Crippen molar-refractivity contribution in [2.45, 2.75) is 15.8 Å². The molecule has 0 spiro atoms. The van der Waals surface area contributed by atoms with E-state index in [1.807, 2.05) is 9.44 Å². The van der Waals surface area contributed by atoms with E-state index in [9.17, 15) is 37.1 Å². The van der Waals surface area contributed by atoms with E-state index in [-0.39, 0.29) is 4.90 Å². The predicted octanol–water partition coefficient (Wildman–Crippen LogP) is 0.497. The molecule has 0 saturated heterocycles. The Morgan fingerprint density at radius 2 is 1.31 bits per heavy atom. The van der Waals surface area contributed by atoms with E-state index in [1.54, 1.807) is 6.07 Å². The van der Waals surface area contributed by atoms with Crippen LogP contribution in [0.2, 0.25) is 0 Å². The second kappa shape index (κ2) is 9.04. The minimum atomic E-state index is -4.44. The fourth-order valence-corrected chi connectivity index (χ4v) is 4.57. The summed E-state index contributed by atoms with van der Waals surface area (Å²) in [5.41, 5.74) is -0.692. The number of nitrogens with zero attached hydrogens (tertiary/aromatic N) is 2. The van der Waals surface area contributed by atoms with Crippen LogP contribution in [-0.2, 0) is 20.0 Å². The van der Waals surface area contributed by atoms with Gasteiger partial charge in [-0.05, 0) is 18.2 Å². The minimum Gasteiger partial charge on any atom is -0.264 e. The third kappa shape index (κ3) is 5.77. The molecule has 2 aromatic carbocycles. The first-order chi connectivity index (χ1) is 13.5. The van der Waals surface area contributed by atoms with Gasteiger partial charge in [0.1, 0.15) is 0 Å². The van der Waals surface area contributed by atoms with Gasteiger partial charge in [0, 0.05) is 11.0 Å². The molecule has 0 fully saturated rings. The molecule has 0 aliphatic heterocycles. The van der Waals surface area contributed by atoms with Crippen LogP contribution in [0.3, 0.4) is 0 Å². The van der Waals surface area contributed by atoms with Gasteiger partial charge in [-0.1, -0.05) is 30.3 Å². The molecule has 0 amide bonds. The maximum Gasteiger partial charge on any atom is 0.289 e. The molecule has 0 aromatic heterocycles. The minimum absolute atomic E-state index is 0.109. The molecule has 0 saturated carbocycles. The molecule has 0 radical (unpaired) electrons. The van der Waals surface area contributed by atoms with Crippen molar-refractivity contribution in [3.63, 3.8) is 0 Å². The van der Waals surface area contributed by atoms with Gasteiger partial charge in [0.25, 0.3) is 5.69 Å². The highest BCUT2D eigenvalue weighted by Crippen LogP contribution is 2.22. The van der Waals surface area contributed by atoms with Crippen molar-refractivity contribution in [1.29, 1.82) is 0 Å². The number of rotatable bonds is 10. The highest BCUT2D eigenvalue weighted by atomic mass is 32.2. The molecule has 156 valence electrons. The lowest BCUT2D eigenvalue weighted by Crippen LogP contribution is -2.44. The maximum absolute atomic E-state index is 12.3. The molecule has 14 heteroatoms. The van der Waals surface area contributed by atoms with Gasteiger partial charge in [0.05, 0.1) is 22.9 Å². The summed E-state index contributed by atoms with van der Waals surface area (Å²) in [5.74, 6) is 0. The molecule has 2 aromatic rings. The second-order valence-electron chi connectivity index (χ2n) is 5.68. The van der Waals surface area contributed by atoms with Crippen molar-refractivity contribution in [2.24, 2.45) is 0 Å². The summed E-state index contributed by atoms with van der Waals surface area (Å²) in [7, 11) is -8.48. The van der Waals surface area contributed by atoms with Crippen molar-refractivity contribution < 1.29 is 26.7 Å². The van der Waals surface area contributed by atoms with Crippen LogP contribution in [0.15, 0.2) is 64.4 Å². The number of nitro groups is 2. The van der Waals surface area contributed by atoms with Crippen LogP contribution in [0.4, 0.5) is 5.69 Å². The number of nitro benzene ring substituents is 1. The Kier molecular flexibility index (Phi) is 6.97. The van der Waals surface area contributed by atoms with Gasteiger partial charge >= 0.3 is 0 Å². The molecule has 0 aliphatic carbocycles. The van der Waals surface area contributed by atoms with E-state index in [4.69, 9.17) is 0 Å². The fourth-order valence-electron chi connectivity index (χ4n) is 2.23. The summed E-state index contributed by atoms with van der Waals surface area (Å²) in [6, 6.07) is 9.98. The Morgan fingerprint density at radius 3 is 1.86 bits per heavy atom. The third-order valence-corrected chi connectivity index (χ3v) is 6.63. The van der Waals surface area contributed by atoms with Crippen molar-refractivity contribution in [1.82, 2.24) is 9.44 Å². The van der Waals surface area contributed by atoms with Crippen molar-refractivity contribution in [3.8, 4) is 0 Å². The standard InChI is InChI=1S/C15H16N4O8S2/c20-18(21)12(10-16-28(24,25)13-6-2-1-3-7-13)11-17-29(26,27)15-9-5-4-8-14(15)19(22)23/h1-9,12,16-17H,10-11H2. The normalized spacial score (nSPS) is 13.0. The smallest absolute Gasteiger partial charge is 0.264 e. The first kappa shape index (κ1) is 22.4. The zero-order chi connectivity index (χ0) is 21.7. The van der Waals surface area contributed by atoms with Gasteiger partial charge in [-0.3, -0.25) is 20.2 Å². The topological polar surface area (TPSA) is 179 Å². The molecule has 1 atom stereocenters. The monoisotopic (exact) mass is 444 g/mol. The first-order valence-corrected chi connectivity index (χ1v) is 10.9. The lowest BCUT2D eigenvalue weighted by molar-refractivity contribution is -0.517. The predicted molar refractivity (Wildman–Crippen MR) is 101 cm³/mol. The van der Waals surface area contributed by atoms with Crippen molar-refractivity contribution >= 4 is 25.7 Å². The number of para-hydroxylation sites is 1. The number of nitrogens with one attached hydrogen (secondary N) is 2. The van der Waals surface area contributed by atoms with E-state index in [2.05, 4.69) is 0 Å². The fraction of sp³-hybridized carbons (Fsp3) is 0.200. The largest absolute Gasteiger partial charge is 0.289 e. The second-order valence-corrected chi connectivity index (χ2v) is 9.18. The Morgan fingerprint density at radius 1 is 0.793 bits per heavy atom. The Labute approximate surface area is 166 Å².